The standard InChI is InChI=1S/C17H26N4O2/c1-13(22)11-21-12-17(4-3-15(21)23)5-9-20(10-6-17)16-14(2)18-7-8-19-16/h7-8,13,22H,3-6,9-12H2,1-2H3/t13-/m0/s1. The van der Waals surface area contributed by atoms with Gasteiger partial charge in [0.2, 0.25) is 5.91 Å². The van der Waals surface area contributed by atoms with E-state index in [1.807, 2.05) is 11.8 Å². The second-order valence-corrected chi connectivity index (χ2v) is 7.08. The van der Waals surface area contributed by atoms with Crippen LogP contribution in [0.5, 0.6) is 0 Å². The van der Waals surface area contributed by atoms with E-state index in [1.54, 1.807) is 19.3 Å². The zero-order valence-corrected chi connectivity index (χ0v) is 14.0. The molecule has 1 N–H and O–H groups in total. The van der Waals surface area contributed by atoms with Crippen LogP contribution in [0.15, 0.2) is 12.4 Å². The third-order valence-electron chi connectivity index (χ3n) is 5.21. The van der Waals surface area contributed by atoms with Crippen LogP contribution in [0.1, 0.15) is 38.3 Å². The molecule has 0 bridgehead atoms. The molecule has 0 unspecified atom stereocenters. The number of anilines is 1. The minimum absolute atomic E-state index is 0.184. The molecule has 0 saturated carbocycles. The van der Waals surface area contributed by atoms with Crippen molar-refractivity contribution in [2.24, 2.45) is 5.41 Å². The Morgan fingerprint density at radius 2 is 1.96 bits per heavy atom. The molecule has 6 nitrogen and oxygen atoms in total. The average molecular weight is 318 g/mol. The Hall–Kier alpha value is -1.69. The zero-order chi connectivity index (χ0) is 16.4. The van der Waals surface area contributed by atoms with E-state index in [9.17, 15) is 9.90 Å². The Morgan fingerprint density at radius 3 is 2.61 bits per heavy atom. The molecule has 1 spiro atoms. The predicted molar refractivity (Wildman–Crippen MR) is 88.1 cm³/mol. The smallest absolute Gasteiger partial charge is 0.222 e. The fraction of sp³-hybridized carbons (Fsp3) is 0.706. The minimum atomic E-state index is -0.462. The summed E-state index contributed by atoms with van der Waals surface area (Å²) in [5, 5.41) is 9.61. The summed E-state index contributed by atoms with van der Waals surface area (Å²) in [4.78, 5) is 25.0. The highest BCUT2D eigenvalue weighted by Crippen LogP contribution is 2.41. The Bertz CT molecular complexity index is 567. The zero-order valence-electron chi connectivity index (χ0n) is 14.0. The van der Waals surface area contributed by atoms with Crippen molar-refractivity contribution in [3.63, 3.8) is 0 Å². The predicted octanol–water partition coefficient (Wildman–Crippen LogP) is 1.37. The van der Waals surface area contributed by atoms with E-state index in [0.29, 0.717) is 13.0 Å². The first kappa shape index (κ1) is 16.2. The van der Waals surface area contributed by atoms with Gasteiger partial charge in [0.25, 0.3) is 0 Å². The molecule has 0 radical (unpaired) electrons. The van der Waals surface area contributed by atoms with Crippen LogP contribution >= 0.6 is 0 Å². The van der Waals surface area contributed by atoms with E-state index < -0.39 is 6.10 Å². The van der Waals surface area contributed by atoms with Crippen molar-refractivity contribution in [1.29, 1.82) is 0 Å². The van der Waals surface area contributed by atoms with Crippen molar-refractivity contribution in [2.45, 2.75) is 45.6 Å². The minimum Gasteiger partial charge on any atom is -0.392 e. The normalized spacial score (nSPS) is 22.5. The van der Waals surface area contributed by atoms with Gasteiger partial charge in [-0.2, -0.15) is 0 Å². The van der Waals surface area contributed by atoms with Gasteiger partial charge >= 0.3 is 0 Å². The lowest BCUT2D eigenvalue weighted by atomic mass is 9.72. The second-order valence-electron chi connectivity index (χ2n) is 7.08. The number of piperidine rings is 2. The number of rotatable bonds is 3. The number of β-amino-alcohol motifs (C(OH)–C–C–N with tert-alkyl or cyclic N) is 1. The molecule has 3 rings (SSSR count). The monoisotopic (exact) mass is 318 g/mol. The molecule has 3 heterocycles. The summed E-state index contributed by atoms with van der Waals surface area (Å²) in [5.74, 6) is 1.17. The van der Waals surface area contributed by atoms with Gasteiger partial charge in [0, 0.05) is 45.0 Å². The summed E-state index contributed by atoms with van der Waals surface area (Å²) in [5.41, 5.74) is 1.17. The van der Waals surface area contributed by atoms with Crippen molar-refractivity contribution >= 4 is 11.7 Å². The first-order valence-corrected chi connectivity index (χ1v) is 8.47. The number of aryl methyl sites for hydroxylation is 1. The maximum absolute atomic E-state index is 12.1. The van der Waals surface area contributed by atoms with Gasteiger partial charge in [0.1, 0.15) is 5.82 Å². The fourth-order valence-corrected chi connectivity index (χ4v) is 3.90. The molecular formula is C17H26N4O2. The van der Waals surface area contributed by atoms with Gasteiger partial charge in [-0.15, -0.1) is 0 Å². The molecule has 0 aliphatic carbocycles. The maximum Gasteiger partial charge on any atom is 0.222 e. The summed E-state index contributed by atoms with van der Waals surface area (Å²) in [7, 11) is 0. The molecule has 126 valence electrons. The van der Waals surface area contributed by atoms with Crippen molar-refractivity contribution in [3.05, 3.63) is 18.1 Å². The van der Waals surface area contributed by atoms with Gasteiger partial charge in [0.05, 0.1) is 11.8 Å². The van der Waals surface area contributed by atoms with E-state index in [1.165, 1.54) is 0 Å². The van der Waals surface area contributed by atoms with Crippen LogP contribution in [-0.2, 0) is 4.79 Å². The van der Waals surface area contributed by atoms with E-state index in [2.05, 4.69) is 14.9 Å². The number of aromatic nitrogens is 2. The molecule has 1 atom stereocenters. The van der Waals surface area contributed by atoms with Crippen LogP contribution in [0.2, 0.25) is 0 Å². The quantitative estimate of drug-likeness (QED) is 0.912. The number of hydrogen-bond acceptors (Lipinski definition) is 5. The molecule has 2 aliphatic rings. The lowest BCUT2D eigenvalue weighted by Crippen LogP contribution is -2.53. The van der Waals surface area contributed by atoms with E-state index in [-0.39, 0.29) is 11.3 Å². The molecule has 2 aliphatic heterocycles. The van der Waals surface area contributed by atoms with Gasteiger partial charge in [-0.3, -0.25) is 9.78 Å². The van der Waals surface area contributed by atoms with Crippen molar-refractivity contribution in [3.8, 4) is 0 Å². The Labute approximate surface area is 137 Å². The third kappa shape index (κ3) is 3.47. The largest absolute Gasteiger partial charge is 0.392 e. The third-order valence-corrected chi connectivity index (χ3v) is 5.21. The number of hydrogen-bond donors (Lipinski definition) is 1. The topological polar surface area (TPSA) is 69.6 Å². The summed E-state index contributed by atoms with van der Waals surface area (Å²) in [6.07, 6.45) is 6.71. The molecule has 2 fully saturated rings. The van der Waals surface area contributed by atoms with E-state index in [4.69, 9.17) is 0 Å². The van der Waals surface area contributed by atoms with Crippen LogP contribution in [0.3, 0.4) is 0 Å². The van der Waals surface area contributed by atoms with Crippen molar-refractivity contribution < 1.29 is 9.90 Å². The SMILES string of the molecule is Cc1nccnc1N1CCC2(CCC(=O)N(C[C@H](C)O)C2)CC1. The first-order valence-electron chi connectivity index (χ1n) is 8.47. The van der Waals surface area contributed by atoms with Gasteiger partial charge in [-0.05, 0) is 38.5 Å². The molecule has 1 aromatic rings. The van der Waals surface area contributed by atoms with Crippen LogP contribution in [0, 0.1) is 12.3 Å². The number of carbonyl (C=O) groups excluding carboxylic acids is 1. The van der Waals surface area contributed by atoms with Crippen LogP contribution in [0.4, 0.5) is 5.82 Å². The molecule has 0 aromatic carbocycles. The van der Waals surface area contributed by atoms with Crippen molar-refractivity contribution in [2.75, 3.05) is 31.1 Å². The highest BCUT2D eigenvalue weighted by molar-refractivity contribution is 5.77. The van der Waals surface area contributed by atoms with Gasteiger partial charge in [-0.1, -0.05) is 0 Å². The van der Waals surface area contributed by atoms with Crippen molar-refractivity contribution in [1.82, 2.24) is 14.9 Å². The Balaban J connectivity index is 1.66. The second kappa shape index (κ2) is 6.43. The van der Waals surface area contributed by atoms with Gasteiger partial charge in [-0.25, -0.2) is 4.98 Å². The van der Waals surface area contributed by atoms with E-state index in [0.717, 1.165) is 50.4 Å². The van der Waals surface area contributed by atoms with Gasteiger partial charge < -0.3 is 14.9 Å². The number of amides is 1. The summed E-state index contributed by atoms with van der Waals surface area (Å²) in [6.45, 7) is 6.88. The Morgan fingerprint density at radius 1 is 1.26 bits per heavy atom. The molecule has 2 saturated heterocycles. The molecule has 23 heavy (non-hydrogen) atoms. The lowest BCUT2D eigenvalue weighted by molar-refractivity contribution is -0.139. The fourth-order valence-electron chi connectivity index (χ4n) is 3.90. The lowest BCUT2D eigenvalue weighted by Gasteiger charge is -2.48. The maximum atomic E-state index is 12.1. The number of likely N-dealkylation sites (tertiary alicyclic amines) is 1. The number of aliphatic hydroxyl groups excluding tert-OH is 1. The summed E-state index contributed by atoms with van der Waals surface area (Å²) in [6, 6.07) is 0. The average Bonchev–Trinajstić information content (AvgIpc) is 2.52. The van der Waals surface area contributed by atoms with E-state index >= 15 is 0 Å². The number of aliphatic hydroxyl groups is 1. The highest BCUT2D eigenvalue weighted by Gasteiger charge is 2.41. The molecular weight excluding hydrogens is 292 g/mol. The number of carbonyl (C=O) groups is 1. The molecule has 6 heteroatoms. The summed E-state index contributed by atoms with van der Waals surface area (Å²) < 4.78 is 0. The van der Waals surface area contributed by atoms with Crippen LogP contribution < -0.4 is 4.90 Å². The molecule has 1 aromatic heterocycles. The Kier molecular flexibility index (Phi) is 4.53. The van der Waals surface area contributed by atoms with Crippen LogP contribution in [0.25, 0.3) is 0 Å². The summed E-state index contributed by atoms with van der Waals surface area (Å²) >= 11 is 0. The highest BCUT2D eigenvalue weighted by atomic mass is 16.3. The van der Waals surface area contributed by atoms with Crippen LogP contribution in [-0.4, -0.2) is 58.2 Å². The molecule has 1 amide bonds. The number of nitrogens with zero attached hydrogens (tertiary/aromatic N) is 4. The van der Waals surface area contributed by atoms with Gasteiger partial charge in [0.15, 0.2) is 0 Å². The first-order chi connectivity index (χ1) is 11.0.